The third-order valence-corrected chi connectivity index (χ3v) is 2.85. The predicted molar refractivity (Wildman–Crippen MR) is 56.5 cm³/mol. The molecular weight excluding hydrogens is 194 g/mol. The molecule has 1 unspecified atom stereocenters. The van der Waals surface area contributed by atoms with Crippen molar-refractivity contribution in [1.29, 1.82) is 0 Å². The van der Waals surface area contributed by atoms with Gasteiger partial charge >= 0.3 is 5.97 Å². The number of carbonyl (C=O) groups excluding carboxylic acids is 1. The van der Waals surface area contributed by atoms with Gasteiger partial charge in [-0.05, 0) is 19.3 Å². The number of aliphatic carboxylic acids is 1. The van der Waals surface area contributed by atoms with Crippen molar-refractivity contribution in [3.63, 3.8) is 0 Å². The third kappa shape index (κ3) is 3.22. The van der Waals surface area contributed by atoms with Crippen LogP contribution in [-0.2, 0) is 9.59 Å². The molecule has 15 heavy (non-hydrogen) atoms. The fraction of sp³-hybridized carbons (Fsp3) is 0.818. The smallest absolute Gasteiger partial charge is 0.326 e. The van der Waals surface area contributed by atoms with Gasteiger partial charge in [-0.25, -0.2) is 4.79 Å². The molecule has 1 fully saturated rings. The van der Waals surface area contributed by atoms with Crippen LogP contribution in [0.5, 0.6) is 0 Å². The molecule has 0 spiro atoms. The standard InChI is InChI=1S/C11H19NO3/c1-2-3-6-9(11(14)15)12-8-5-4-7-10(12)13/h9H,2-8H2,1H3,(H,14,15). The Hall–Kier alpha value is -1.06. The van der Waals surface area contributed by atoms with Gasteiger partial charge in [-0.3, -0.25) is 4.79 Å². The second-order valence-corrected chi connectivity index (χ2v) is 4.04. The highest BCUT2D eigenvalue weighted by atomic mass is 16.4. The summed E-state index contributed by atoms with van der Waals surface area (Å²) in [5.41, 5.74) is 0. The number of hydrogen-bond donors (Lipinski definition) is 1. The molecule has 0 bridgehead atoms. The summed E-state index contributed by atoms with van der Waals surface area (Å²) in [5.74, 6) is -0.858. The largest absolute Gasteiger partial charge is 0.480 e. The van der Waals surface area contributed by atoms with E-state index in [-0.39, 0.29) is 5.91 Å². The normalized spacial score (nSPS) is 19.0. The number of nitrogens with zero attached hydrogens (tertiary/aromatic N) is 1. The summed E-state index contributed by atoms with van der Waals surface area (Å²) in [7, 11) is 0. The van der Waals surface area contributed by atoms with Crippen LogP contribution in [0.3, 0.4) is 0 Å². The van der Waals surface area contributed by atoms with E-state index in [1.807, 2.05) is 6.92 Å². The first-order valence-corrected chi connectivity index (χ1v) is 5.69. The van der Waals surface area contributed by atoms with Crippen LogP contribution < -0.4 is 0 Å². The molecule has 0 aromatic rings. The van der Waals surface area contributed by atoms with E-state index in [9.17, 15) is 9.59 Å². The van der Waals surface area contributed by atoms with Crippen molar-refractivity contribution < 1.29 is 14.7 Å². The minimum Gasteiger partial charge on any atom is -0.480 e. The number of hydrogen-bond acceptors (Lipinski definition) is 2. The van der Waals surface area contributed by atoms with Gasteiger partial charge in [0.2, 0.25) is 5.91 Å². The van der Waals surface area contributed by atoms with Gasteiger partial charge in [0.15, 0.2) is 0 Å². The first kappa shape index (κ1) is 12.0. The zero-order valence-corrected chi connectivity index (χ0v) is 9.24. The first-order valence-electron chi connectivity index (χ1n) is 5.69. The van der Waals surface area contributed by atoms with Crippen LogP contribution in [0.4, 0.5) is 0 Å². The quantitative estimate of drug-likeness (QED) is 0.755. The van der Waals surface area contributed by atoms with E-state index >= 15 is 0 Å². The molecular formula is C11H19NO3. The molecule has 1 heterocycles. The Labute approximate surface area is 90.3 Å². The van der Waals surface area contributed by atoms with Crippen LogP contribution in [-0.4, -0.2) is 34.5 Å². The summed E-state index contributed by atoms with van der Waals surface area (Å²) < 4.78 is 0. The SMILES string of the molecule is CCCCC(C(=O)O)N1CCCCC1=O. The predicted octanol–water partition coefficient (Wildman–Crippen LogP) is 1.64. The molecule has 0 radical (unpaired) electrons. The Morgan fingerprint density at radius 1 is 1.53 bits per heavy atom. The Bertz CT molecular complexity index is 240. The average Bonchev–Trinajstić information content (AvgIpc) is 2.20. The summed E-state index contributed by atoms with van der Waals surface area (Å²) in [4.78, 5) is 24.2. The van der Waals surface area contributed by atoms with Crippen LogP contribution in [0, 0.1) is 0 Å². The molecule has 1 N–H and O–H groups in total. The second-order valence-electron chi connectivity index (χ2n) is 4.04. The van der Waals surface area contributed by atoms with Gasteiger partial charge < -0.3 is 10.0 Å². The Morgan fingerprint density at radius 3 is 2.80 bits per heavy atom. The molecule has 0 aliphatic carbocycles. The number of unbranched alkanes of at least 4 members (excludes halogenated alkanes) is 1. The van der Waals surface area contributed by atoms with Crippen LogP contribution in [0.2, 0.25) is 0 Å². The number of carbonyl (C=O) groups is 2. The highest BCUT2D eigenvalue weighted by molar-refractivity contribution is 5.84. The minimum atomic E-state index is -0.862. The van der Waals surface area contributed by atoms with E-state index in [4.69, 9.17) is 5.11 Å². The lowest BCUT2D eigenvalue weighted by molar-refractivity contribution is -0.151. The van der Waals surface area contributed by atoms with Crippen LogP contribution in [0.25, 0.3) is 0 Å². The van der Waals surface area contributed by atoms with Crippen molar-refractivity contribution in [2.45, 2.75) is 51.5 Å². The Kier molecular flexibility index (Phi) is 4.59. The van der Waals surface area contributed by atoms with Crippen molar-refractivity contribution in [2.75, 3.05) is 6.54 Å². The third-order valence-electron chi connectivity index (χ3n) is 2.85. The second kappa shape index (κ2) is 5.73. The highest BCUT2D eigenvalue weighted by Gasteiger charge is 2.30. The molecule has 0 aromatic carbocycles. The van der Waals surface area contributed by atoms with E-state index in [0.29, 0.717) is 19.4 Å². The monoisotopic (exact) mass is 213 g/mol. The Morgan fingerprint density at radius 2 is 2.27 bits per heavy atom. The molecule has 1 saturated heterocycles. The van der Waals surface area contributed by atoms with E-state index < -0.39 is 12.0 Å². The summed E-state index contributed by atoms with van der Waals surface area (Å²) in [6, 6.07) is -0.599. The number of piperidine rings is 1. The van der Waals surface area contributed by atoms with Crippen molar-refractivity contribution >= 4 is 11.9 Å². The fourth-order valence-electron chi connectivity index (χ4n) is 1.97. The number of carboxylic acids is 1. The molecule has 86 valence electrons. The number of likely N-dealkylation sites (tertiary alicyclic amines) is 1. The summed E-state index contributed by atoms with van der Waals surface area (Å²) in [5, 5.41) is 9.08. The van der Waals surface area contributed by atoms with E-state index in [0.717, 1.165) is 25.7 Å². The molecule has 4 nitrogen and oxygen atoms in total. The average molecular weight is 213 g/mol. The summed E-state index contributed by atoms with van der Waals surface area (Å²) >= 11 is 0. The summed E-state index contributed by atoms with van der Waals surface area (Å²) in [6.07, 6.45) is 4.75. The zero-order chi connectivity index (χ0) is 11.3. The van der Waals surface area contributed by atoms with Gasteiger partial charge in [0, 0.05) is 13.0 Å². The molecule has 1 aliphatic rings. The van der Waals surface area contributed by atoms with Gasteiger partial charge in [-0.2, -0.15) is 0 Å². The topological polar surface area (TPSA) is 57.6 Å². The van der Waals surface area contributed by atoms with Crippen LogP contribution in [0.15, 0.2) is 0 Å². The van der Waals surface area contributed by atoms with Crippen molar-refractivity contribution in [2.24, 2.45) is 0 Å². The first-order chi connectivity index (χ1) is 7.16. The summed E-state index contributed by atoms with van der Waals surface area (Å²) in [6.45, 7) is 2.64. The molecule has 1 amide bonds. The molecule has 0 aromatic heterocycles. The lowest BCUT2D eigenvalue weighted by Crippen LogP contribution is -2.47. The molecule has 1 rings (SSSR count). The fourth-order valence-corrected chi connectivity index (χ4v) is 1.97. The van der Waals surface area contributed by atoms with Crippen LogP contribution >= 0.6 is 0 Å². The van der Waals surface area contributed by atoms with Crippen LogP contribution in [0.1, 0.15) is 45.4 Å². The van der Waals surface area contributed by atoms with Gasteiger partial charge in [0.05, 0.1) is 0 Å². The van der Waals surface area contributed by atoms with E-state index in [1.54, 1.807) is 4.90 Å². The van der Waals surface area contributed by atoms with E-state index in [1.165, 1.54) is 0 Å². The van der Waals surface area contributed by atoms with Gasteiger partial charge in [0.25, 0.3) is 0 Å². The van der Waals surface area contributed by atoms with E-state index in [2.05, 4.69) is 0 Å². The lowest BCUT2D eigenvalue weighted by Gasteiger charge is -2.32. The highest BCUT2D eigenvalue weighted by Crippen LogP contribution is 2.17. The minimum absolute atomic E-state index is 0.00440. The molecule has 1 aliphatic heterocycles. The maximum atomic E-state index is 11.6. The number of rotatable bonds is 5. The van der Waals surface area contributed by atoms with Gasteiger partial charge in [0.1, 0.15) is 6.04 Å². The molecule has 0 saturated carbocycles. The zero-order valence-electron chi connectivity index (χ0n) is 9.24. The van der Waals surface area contributed by atoms with Gasteiger partial charge in [-0.15, -0.1) is 0 Å². The molecule has 1 atom stereocenters. The van der Waals surface area contributed by atoms with Crippen molar-refractivity contribution in [1.82, 2.24) is 4.90 Å². The van der Waals surface area contributed by atoms with Gasteiger partial charge in [-0.1, -0.05) is 19.8 Å². The maximum absolute atomic E-state index is 11.6. The number of amides is 1. The Balaban J connectivity index is 2.60. The number of carboxylic acid groups (broad SMARTS) is 1. The lowest BCUT2D eigenvalue weighted by atomic mass is 10.0. The molecule has 4 heteroatoms. The van der Waals surface area contributed by atoms with Crippen molar-refractivity contribution in [3.05, 3.63) is 0 Å². The maximum Gasteiger partial charge on any atom is 0.326 e. The van der Waals surface area contributed by atoms with Crippen molar-refractivity contribution in [3.8, 4) is 0 Å².